The van der Waals surface area contributed by atoms with Crippen LogP contribution in [0, 0.1) is 11.8 Å². The Labute approximate surface area is 198 Å². The smallest absolute Gasteiger partial charge is 0.326 e. The van der Waals surface area contributed by atoms with Gasteiger partial charge in [0, 0.05) is 11.5 Å². The monoisotopic (exact) mass is 466 g/mol. The number of amides is 3. The Morgan fingerprint density at radius 1 is 1.06 bits per heavy atom. The lowest BCUT2D eigenvalue weighted by Crippen LogP contribution is -2.37. The van der Waals surface area contributed by atoms with E-state index in [4.69, 9.17) is 4.74 Å². The molecule has 9 nitrogen and oxygen atoms in total. The molecule has 2 aromatic rings. The van der Waals surface area contributed by atoms with Crippen LogP contribution in [0.4, 0.5) is 5.82 Å². The molecule has 1 aromatic carbocycles. The Hall–Kier alpha value is -3.49. The number of hydrogen-bond donors (Lipinski definition) is 1. The van der Waals surface area contributed by atoms with Gasteiger partial charge in [0.25, 0.3) is 5.91 Å². The topological polar surface area (TPSA) is 111 Å². The third-order valence-corrected chi connectivity index (χ3v) is 6.33. The first-order valence-corrected chi connectivity index (χ1v) is 11.6. The normalized spacial score (nSPS) is 20.3. The number of ether oxygens (including phenoxy) is 1. The SMILES string of the molecule is CC(C)(C)c1cc(NC(=O)COC(=O)CN2C(=O)[C@H]3CCCC[C@@H]3C2=O)n(-c2ccccc2)n1. The Kier molecular flexibility index (Phi) is 6.54. The minimum atomic E-state index is -0.789. The number of imide groups is 1. The van der Waals surface area contributed by atoms with Gasteiger partial charge in [-0.25, -0.2) is 4.68 Å². The summed E-state index contributed by atoms with van der Waals surface area (Å²) >= 11 is 0. The zero-order valence-electron chi connectivity index (χ0n) is 19.7. The molecule has 0 bridgehead atoms. The fourth-order valence-electron chi connectivity index (χ4n) is 4.49. The lowest BCUT2D eigenvalue weighted by Gasteiger charge is -2.19. The van der Waals surface area contributed by atoms with Crippen LogP contribution in [0.3, 0.4) is 0 Å². The number of hydrogen-bond acceptors (Lipinski definition) is 6. The molecule has 2 fully saturated rings. The lowest BCUT2D eigenvalue weighted by molar-refractivity contribution is -0.154. The number of rotatable bonds is 6. The van der Waals surface area contributed by atoms with Crippen LogP contribution < -0.4 is 5.32 Å². The quantitative estimate of drug-likeness (QED) is 0.518. The summed E-state index contributed by atoms with van der Waals surface area (Å²) in [7, 11) is 0. The molecule has 34 heavy (non-hydrogen) atoms. The average Bonchev–Trinajstić information content (AvgIpc) is 3.34. The first kappa shape index (κ1) is 23.7. The van der Waals surface area contributed by atoms with Crippen molar-refractivity contribution in [1.82, 2.24) is 14.7 Å². The number of anilines is 1. The summed E-state index contributed by atoms with van der Waals surface area (Å²) in [6.07, 6.45) is 3.17. The molecule has 9 heteroatoms. The largest absolute Gasteiger partial charge is 0.454 e. The van der Waals surface area contributed by atoms with E-state index in [1.165, 1.54) is 0 Å². The maximum atomic E-state index is 12.6. The number of nitrogens with zero attached hydrogens (tertiary/aromatic N) is 3. The Morgan fingerprint density at radius 2 is 1.68 bits per heavy atom. The zero-order chi connectivity index (χ0) is 24.5. The molecule has 180 valence electrons. The van der Waals surface area contributed by atoms with E-state index in [0.29, 0.717) is 18.7 Å². The lowest BCUT2D eigenvalue weighted by atomic mass is 9.81. The van der Waals surface area contributed by atoms with Crippen molar-refractivity contribution < 1.29 is 23.9 Å². The highest BCUT2D eigenvalue weighted by Gasteiger charge is 2.48. The number of para-hydroxylation sites is 1. The molecular formula is C25H30N4O5. The highest BCUT2D eigenvalue weighted by molar-refractivity contribution is 6.07. The van der Waals surface area contributed by atoms with Crippen molar-refractivity contribution in [2.45, 2.75) is 51.9 Å². The molecule has 3 amide bonds. The van der Waals surface area contributed by atoms with Gasteiger partial charge in [-0.1, -0.05) is 51.8 Å². The summed E-state index contributed by atoms with van der Waals surface area (Å²) in [6, 6.07) is 11.2. The standard InChI is InChI=1S/C25H30N4O5/c1-25(2,3)19-13-20(29(27-19)16-9-5-4-6-10-16)26-21(30)15-34-22(31)14-28-23(32)17-11-7-8-12-18(17)24(28)33/h4-6,9-10,13,17-18H,7-8,11-12,14-15H2,1-3H3,(H,26,30)/t17-,18-/m0/s1. The average molecular weight is 467 g/mol. The number of likely N-dealkylation sites (tertiary alicyclic amines) is 1. The summed E-state index contributed by atoms with van der Waals surface area (Å²) in [5.74, 6) is -2.15. The second-order valence-corrected chi connectivity index (χ2v) is 9.88. The van der Waals surface area contributed by atoms with Gasteiger partial charge in [-0.15, -0.1) is 0 Å². The Bertz CT molecular complexity index is 1080. The summed E-state index contributed by atoms with van der Waals surface area (Å²) in [6.45, 7) is 5.07. The van der Waals surface area contributed by atoms with Crippen LogP contribution in [-0.2, 0) is 29.3 Å². The molecule has 2 aliphatic rings. The third-order valence-electron chi connectivity index (χ3n) is 6.33. The van der Waals surface area contributed by atoms with Crippen molar-refractivity contribution in [3.05, 3.63) is 42.1 Å². The van der Waals surface area contributed by atoms with E-state index < -0.39 is 25.0 Å². The van der Waals surface area contributed by atoms with Crippen LogP contribution in [0.5, 0.6) is 0 Å². The van der Waals surface area contributed by atoms with Gasteiger partial charge in [-0.3, -0.25) is 24.1 Å². The van der Waals surface area contributed by atoms with Gasteiger partial charge in [0.15, 0.2) is 6.61 Å². The van der Waals surface area contributed by atoms with Crippen LogP contribution in [-0.4, -0.2) is 51.5 Å². The highest BCUT2D eigenvalue weighted by Crippen LogP contribution is 2.37. The fraction of sp³-hybridized carbons (Fsp3) is 0.480. The molecule has 2 atom stereocenters. The van der Waals surface area contributed by atoms with E-state index in [1.807, 2.05) is 51.1 Å². The van der Waals surface area contributed by atoms with Crippen molar-refractivity contribution in [2.75, 3.05) is 18.5 Å². The van der Waals surface area contributed by atoms with E-state index in [1.54, 1.807) is 10.7 Å². The molecule has 0 radical (unpaired) electrons. The molecule has 1 aliphatic carbocycles. The van der Waals surface area contributed by atoms with E-state index >= 15 is 0 Å². The van der Waals surface area contributed by atoms with Crippen molar-refractivity contribution in [3.8, 4) is 5.69 Å². The molecule has 1 saturated heterocycles. The number of benzene rings is 1. The van der Waals surface area contributed by atoms with Gasteiger partial charge in [0.05, 0.1) is 23.2 Å². The van der Waals surface area contributed by atoms with E-state index in [9.17, 15) is 19.2 Å². The maximum Gasteiger partial charge on any atom is 0.326 e. The Balaban J connectivity index is 1.38. The number of carbonyl (C=O) groups excluding carboxylic acids is 4. The molecule has 0 unspecified atom stereocenters. The number of esters is 1. The van der Waals surface area contributed by atoms with Crippen LogP contribution in [0.2, 0.25) is 0 Å². The van der Waals surface area contributed by atoms with Crippen molar-refractivity contribution >= 4 is 29.5 Å². The molecule has 1 N–H and O–H groups in total. The number of aromatic nitrogens is 2. The van der Waals surface area contributed by atoms with Crippen molar-refractivity contribution in [1.29, 1.82) is 0 Å². The molecule has 1 aromatic heterocycles. The van der Waals surface area contributed by atoms with Crippen molar-refractivity contribution in [2.24, 2.45) is 11.8 Å². The highest BCUT2D eigenvalue weighted by atomic mass is 16.5. The number of nitrogens with one attached hydrogen (secondary N) is 1. The zero-order valence-corrected chi connectivity index (χ0v) is 19.7. The summed E-state index contributed by atoms with van der Waals surface area (Å²) in [5.41, 5.74) is 1.33. The number of carbonyl (C=O) groups is 4. The van der Waals surface area contributed by atoms with Gasteiger partial charge in [0.2, 0.25) is 11.8 Å². The minimum absolute atomic E-state index is 0.238. The van der Waals surface area contributed by atoms with Crippen LogP contribution >= 0.6 is 0 Å². The third kappa shape index (κ3) is 4.88. The molecule has 2 heterocycles. The molecular weight excluding hydrogens is 436 g/mol. The molecule has 0 spiro atoms. The summed E-state index contributed by atoms with van der Waals surface area (Å²) in [5, 5.41) is 7.38. The molecule has 1 aliphatic heterocycles. The van der Waals surface area contributed by atoms with E-state index in [-0.39, 0.29) is 29.1 Å². The van der Waals surface area contributed by atoms with Crippen molar-refractivity contribution in [3.63, 3.8) is 0 Å². The van der Waals surface area contributed by atoms with E-state index in [0.717, 1.165) is 29.1 Å². The summed E-state index contributed by atoms with van der Waals surface area (Å²) in [4.78, 5) is 50.9. The van der Waals surface area contributed by atoms with Crippen LogP contribution in [0.1, 0.15) is 52.1 Å². The number of fused-ring (bicyclic) bond motifs is 1. The van der Waals surface area contributed by atoms with Gasteiger partial charge >= 0.3 is 5.97 Å². The van der Waals surface area contributed by atoms with Gasteiger partial charge in [-0.2, -0.15) is 5.10 Å². The van der Waals surface area contributed by atoms with Gasteiger partial charge in [-0.05, 0) is 25.0 Å². The first-order chi connectivity index (χ1) is 16.1. The Morgan fingerprint density at radius 3 is 2.26 bits per heavy atom. The second kappa shape index (κ2) is 9.40. The molecule has 4 rings (SSSR count). The van der Waals surface area contributed by atoms with E-state index in [2.05, 4.69) is 10.4 Å². The predicted octanol–water partition coefficient (Wildman–Crippen LogP) is 2.83. The van der Waals surface area contributed by atoms with Crippen LogP contribution in [0.25, 0.3) is 5.69 Å². The van der Waals surface area contributed by atoms with Gasteiger partial charge < -0.3 is 10.1 Å². The molecule has 1 saturated carbocycles. The minimum Gasteiger partial charge on any atom is -0.454 e. The first-order valence-electron chi connectivity index (χ1n) is 11.6. The van der Waals surface area contributed by atoms with Gasteiger partial charge in [0.1, 0.15) is 12.4 Å². The summed E-state index contributed by atoms with van der Waals surface area (Å²) < 4.78 is 6.71. The second-order valence-electron chi connectivity index (χ2n) is 9.88. The van der Waals surface area contributed by atoms with Crippen LogP contribution in [0.15, 0.2) is 36.4 Å². The maximum absolute atomic E-state index is 12.6. The predicted molar refractivity (Wildman–Crippen MR) is 124 cm³/mol. The fourth-order valence-corrected chi connectivity index (χ4v) is 4.49.